The molecule has 0 aliphatic heterocycles. The Morgan fingerprint density at radius 1 is 1.07 bits per heavy atom. The summed E-state index contributed by atoms with van der Waals surface area (Å²) in [5.74, 6) is -0.546. The standard InChI is InChI=1S/C22H27N5O2/c1-16(15-24-26-23)25-21(29)22(3,4)27(17(2)18-11-7-5-8-12-18)20(28)19-13-9-6-10-14-19/h5-14,16-17H,15H2,1-4H3,(H,25,29)/t16-,17-/m0/s1. The van der Waals surface area contributed by atoms with Crippen molar-refractivity contribution < 1.29 is 9.59 Å². The number of benzene rings is 2. The van der Waals surface area contributed by atoms with Crippen LogP contribution in [-0.2, 0) is 4.79 Å². The van der Waals surface area contributed by atoms with E-state index in [1.165, 1.54) is 0 Å². The van der Waals surface area contributed by atoms with Crippen molar-refractivity contribution in [1.29, 1.82) is 0 Å². The van der Waals surface area contributed by atoms with Crippen LogP contribution in [0.4, 0.5) is 0 Å². The predicted molar refractivity (Wildman–Crippen MR) is 113 cm³/mol. The van der Waals surface area contributed by atoms with E-state index in [1.807, 2.05) is 43.3 Å². The average molecular weight is 393 g/mol. The van der Waals surface area contributed by atoms with Gasteiger partial charge in [-0.3, -0.25) is 9.59 Å². The van der Waals surface area contributed by atoms with Crippen molar-refractivity contribution in [3.63, 3.8) is 0 Å². The zero-order valence-electron chi connectivity index (χ0n) is 17.2. The summed E-state index contributed by atoms with van der Waals surface area (Å²) in [5.41, 5.74) is 8.78. The number of carbonyl (C=O) groups excluding carboxylic acids is 2. The van der Waals surface area contributed by atoms with Crippen molar-refractivity contribution in [1.82, 2.24) is 10.2 Å². The quantitative estimate of drug-likeness (QED) is 0.406. The second-order valence-electron chi connectivity index (χ2n) is 7.47. The SMILES string of the molecule is C[C@@H](CN=[N+]=[N-])NC(=O)C(C)(C)N(C(=O)c1ccccc1)[C@@H](C)c1ccccc1. The number of nitrogens with one attached hydrogen (secondary N) is 1. The number of amides is 2. The Hall–Kier alpha value is -3.31. The van der Waals surface area contributed by atoms with E-state index in [0.29, 0.717) is 5.56 Å². The molecule has 29 heavy (non-hydrogen) atoms. The van der Waals surface area contributed by atoms with E-state index < -0.39 is 5.54 Å². The van der Waals surface area contributed by atoms with Crippen molar-refractivity contribution in [3.8, 4) is 0 Å². The van der Waals surface area contributed by atoms with Gasteiger partial charge >= 0.3 is 0 Å². The Labute approximate surface area is 171 Å². The lowest BCUT2D eigenvalue weighted by atomic mass is 9.94. The summed E-state index contributed by atoms with van der Waals surface area (Å²) >= 11 is 0. The molecule has 7 heteroatoms. The number of nitrogens with zero attached hydrogens (tertiary/aromatic N) is 4. The molecule has 0 aliphatic carbocycles. The van der Waals surface area contributed by atoms with Crippen LogP contribution in [0.1, 0.15) is 49.7 Å². The Bertz CT molecular complexity index is 877. The van der Waals surface area contributed by atoms with Crippen molar-refractivity contribution in [3.05, 3.63) is 82.2 Å². The smallest absolute Gasteiger partial charge is 0.255 e. The second-order valence-corrected chi connectivity index (χ2v) is 7.47. The molecule has 2 rings (SSSR count). The molecule has 0 saturated carbocycles. The maximum atomic E-state index is 13.4. The van der Waals surface area contributed by atoms with Gasteiger partial charge in [-0.2, -0.15) is 0 Å². The molecule has 2 aromatic carbocycles. The number of hydrogen-bond donors (Lipinski definition) is 1. The van der Waals surface area contributed by atoms with Gasteiger partial charge in [0, 0.05) is 23.1 Å². The molecule has 0 unspecified atom stereocenters. The zero-order valence-corrected chi connectivity index (χ0v) is 17.2. The van der Waals surface area contributed by atoms with Gasteiger partial charge in [-0.1, -0.05) is 53.6 Å². The normalized spacial score (nSPS) is 13.0. The summed E-state index contributed by atoms with van der Waals surface area (Å²) < 4.78 is 0. The third-order valence-electron chi connectivity index (χ3n) is 4.86. The minimum atomic E-state index is -1.15. The molecule has 152 valence electrons. The molecule has 0 fully saturated rings. The van der Waals surface area contributed by atoms with Crippen LogP contribution in [0.3, 0.4) is 0 Å². The van der Waals surface area contributed by atoms with Gasteiger partial charge in [-0.25, -0.2) is 0 Å². The monoisotopic (exact) mass is 393 g/mol. The third kappa shape index (κ3) is 5.36. The maximum Gasteiger partial charge on any atom is 0.255 e. The van der Waals surface area contributed by atoms with Gasteiger partial charge < -0.3 is 10.2 Å². The summed E-state index contributed by atoms with van der Waals surface area (Å²) in [4.78, 5) is 30.9. The Morgan fingerprint density at radius 3 is 2.17 bits per heavy atom. The lowest BCUT2D eigenvalue weighted by molar-refractivity contribution is -0.132. The summed E-state index contributed by atoms with van der Waals surface area (Å²) in [5, 5.41) is 6.35. The summed E-state index contributed by atoms with van der Waals surface area (Å²) in [6.07, 6.45) is 0. The number of carbonyl (C=O) groups is 2. The molecule has 0 heterocycles. The zero-order chi connectivity index (χ0) is 21.4. The van der Waals surface area contributed by atoms with Crippen LogP contribution in [0.15, 0.2) is 65.8 Å². The molecule has 1 N–H and O–H groups in total. The van der Waals surface area contributed by atoms with Crippen LogP contribution >= 0.6 is 0 Å². The molecule has 0 radical (unpaired) electrons. The van der Waals surface area contributed by atoms with Gasteiger partial charge in [-0.15, -0.1) is 0 Å². The molecule has 2 atom stereocenters. The van der Waals surface area contributed by atoms with E-state index in [1.54, 1.807) is 49.9 Å². The minimum absolute atomic E-state index is 0.138. The molecule has 0 saturated heterocycles. The first kappa shape index (κ1) is 22.0. The first-order valence-corrected chi connectivity index (χ1v) is 9.54. The highest BCUT2D eigenvalue weighted by molar-refractivity contribution is 5.99. The fourth-order valence-corrected chi connectivity index (χ4v) is 3.23. The molecule has 0 aliphatic rings. The van der Waals surface area contributed by atoms with E-state index >= 15 is 0 Å². The first-order valence-electron chi connectivity index (χ1n) is 9.54. The van der Waals surface area contributed by atoms with Crippen molar-refractivity contribution in [2.45, 2.75) is 45.3 Å². The van der Waals surface area contributed by atoms with Gasteiger partial charge in [-0.05, 0) is 50.9 Å². The molecular formula is C22H27N5O2. The van der Waals surface area contributed by atoms with Gasteiger partial charge in [0.25, 0.3) is 5.91 Å². The van der Waals surface area contributed by atoms with Crippen LogP contribution in [0.5, 0.6) is 0 Å². The molecule has 0 spiro atoms. The van der Waals surface area contributed by atoms with E-state index in [0.717, 1.165) is 5.56 Å². The number of rotatable bonds is 8. The summed E-state index contributed by atoms with van der Waals surface area (Å²) in [6.45, 7) is 7.26. The van der Waals surface area contributed by atoms with Gasteiger partial charge in [0.15, 0.2) is 0 Å². The van der Waals surface area contributed by atoms with E-state index in [4.69, 9.17) is 5.53 Å². The lowest BCUT2D eigenvalue weighted by Gasteiger charge is -2.42. The highest BCUT2D eigenvalue weighted by Gasteiger charge is 2.41. The molecular weight excluding hydrogens is 366 g/mol. The molecule has 0 bridgehead atoms. The molecule has 2 amide bonds. The van der Waals surface area contributed by atoms with Crippen molar-refractivity contribution in [2.24, 2.45) is 5.11 Å². The Kier molecular flexibility index (Phi) is 7.39. The number of hydrogen-bond acceptors (Lipinski definition) is 3. The fourth-order valence-electron chi connectivity index (χ4n) is 3.23. The van der Waals surface area contributed by atoms with Crippen molar-refractivity contribution >= 4 is 11.8 Å². The largest absolute Gasteiger partial charge is 0.351 e. The predicted octanol–water partition coefficient (Wildman–Crippen LogP) is 4.48. The van der Waals surface area contributed by atoms with Crippen LogP contribution in [0.2, 0.25) is 0 Å². The summed E-state index contributed by atoms with van der Waals surface area (Å²) in [6, 6.07) is 17.8. The highest BCUT2D eigenvalue weighted by atomic mass is 16.2. The van der Waals surface area contributed by atoms with Gasteiger partial charge in [0.2, 0.25) is 5.91 Å². The topological polar surface area (TPSA) is 98.2 Å². The van der Waals surface area contributed by atoms with E-state index in [2.05, 4.69) is 15.3 Å². The average Bonchev–Trinajstić information content (AvgIpc) is 2.73. The van der Waals surface area contributed by atoms with Crippen LogP contribution in [-0.4, -0.2) is 34.8 Å². The minimum Gasteiger partial charge on any atom is -0.351 e. The molecule has 7 nitrogen and oxygen atoms in total. The Morgan fingerprint density at radius 2 is 1.62 bits per heavy atom. The fraction of sp³-hybridized carbons (Fsp3) is 0.364. The molecule has 2 aromatic rings. The number of azide groups is 1. The van der Waals surface area contributed by atoms with Crippen LogP contribution in [0.25, 0.3) is 10.4 Å². The molecule has 0 aromatic heterocycles. The van der Waals surface area contributed by atoms with Crippen LogP contribution in [0, 0.1) is 0 Å². The Balaban J connectivity index is 2.40. The van der Waals surface area contributed by atoms with Gasteiger partial charge in [0.1, 0.15) is 5.54 Å². The maximum absolute atomic E-state index is 13.4. The third-order valence-corrected chi connectivity index (χ3v) is 4.86. The lowest BCUT2D eigenvalue weighted by Crippen LogP contribution is -2.59. The van der Waals surface area contributed by atoms with E-state index in [-0.39, 0.29) is 30.4 Å². The van der Waals surface area contributed by atoms with Crippen molar-refractivity contribution in [2.75, 3.05) is 6.54 Å². The highest BCUT2D eigenvalue weighted by Crippen LogP contribution is 2.30. The van der Waals surface area contributed by atoms with Crippen LogP contribution < -0.4 is 5.32 Å². The second kappa shape index (κ2) is 9.75. The first-order chi connectivity index (χ1) is 13.8. The van der Waals surface area contributed by atoms with E-state index in [9.17, 15) is 9.59 Å². The van der Waals surface area contributed by atoms with Gasteiger partial charge in [0.05, 0.1) is 6.04 Å². The summed E-state index contributed by atoms with van der Waals surface area (Å²) in [7, 11) is 0.